The summed E-state index contributed by atoms with van der Waals surface area (Å²) in [5, 5.41) is 16.5. The first-order valence-electron chi connectivity index (χ1n) is 8.11. The minimum absolute atomic E-state index is 0.223. The number of rotatable bonds is 7. The maximum absolute atomic E-state index is 9.95. The molecule has 0 atom stereocenters. The van der Waals surface area contributed by atoms with E-state index in [0.29, 0.717) is 12.3 Å². The lowest BCUT2D eigenvalue weighted by Gasteiger charge is -2.11. The Morgan fingerprint density at radius 1 is 1.17 bits per heavy atom. The molecule has 5 nitrogen and oxygen atoms in total. The molecule has 1 heterocycles. The SMILES string of the molecule is CCNC(=NCc1cc(OC)ccc1O)NCc1ccc(CC)s1. The fraction of sp³-hybridized carbons (Fsp3) is 0.389. The highest BCUT2D eigenvalue weighted by molar-refractivity contribution is 7.11. The first-order chi connectivity index (χ1) is 11.7. The summed E-state index contributed by atoms with van der Waals surface area (Å²) in [4.78, 5) is 7.21. The average molecular weight is 347 g/mol. The van der Waals surface area contributed by atoms with Crippen molar-refractivity contribution < 1.29 is 9.84 Å². The number of ether oxygens (including phenoxy) is 1. The Bertz CT molecular complexity index is 683. The normalized spacial score (nSPS) is 11.4. The van der Waals surface area contributed by atoms with Crippen molar-refractivity contribution in [1.82, 2.24) is 10.6 Å². The van der Waals surface area contributed by atoms with Crippen LogP contribution in [0.15, 0.2) is 35.3 Å². The van der Waals surface area contributed by atoms with Crippen LogP contribution >= 0.6 is 11.3 Å². The highest BCUT2D eigenvalue weighted by atomic mass is 32.1. The van der Waals surface area contributed by atoms with Gasteiger partial charge in [0.2, 0.25) is 0 Å². The van der Waals surface area contributed by atoms with E-state index in [9.17, 15) is 5.11 Å². The zero-order chi connectivity index (χ0) is 17.4. The lowest BCUT2D eigenvalue weighted by molar-refractivity contribution is 0.411. The van der Waals surface area contributed by atoms with E-state index in [0.717, 1.165) is 31.0 Å². The van der Waals surface area contributed by atoms with Gasteiger partial charge in [0.15, 0.2) is 5.96 Å². The number of hydrogen-bond donors (Lipinski definition) is 3. The molecule has 0 unspecified atom stereocenters. The Balaban J connectivity index is 2.02. The number of aromatic hydroxyl groups is 1. The molecule has 0 fully saturated rings. The fourth-order valence-corrected chi connectivity index (χ4v) is 3.10. The third-order valence-electron chi connectivity index (χ3n) is 3.53. The van der Waals surface area contributed by atoms with Gasteiger partial charge >= 0.3 is 0 Å². The molecular formula is C18H25N3O2S. The van der Waals surface area contributed by atoms with Crippen molar-refractivity contribution in [3.63, 3.8) is 0 Å². The van der Waals surface area contributed by atoms with Crippen LogP contribution in [-0.4, -0.2) is 24.7 Å². The van der Waals surface area contributed by atoms with Crippen molar-refractivity contribution in [2.24, 2.45) is 4.99 Å². The third kappa shape index (κ3) is 5.16. The molecule has 2 aromatic rings. The van der Waals surface area contributed by atoms with E-state index in [4.69, 9.17) is 4.74 Å². The Morgan fingerprint density at radius 2 is 1.96 bits per heavy atom. The molecule has 1 aromatic carbocycles. The van der Waals surface area contributed by atoms with Crippen molar-refractivity contribution >= 4 is 17.3 Å². The maximum Gasteiger partial charge on any atom is 0.191 e. The van der Waals surface area contributed by atoms with Gasteiger partial charge in [-0.15, -0.1) is 11.3 Å². The molecule has 2 rings (SSSR count). The third-order valence-corrected chi connectivity index (χ3v) is 4.76. The van der Waals surface area contributed by atoms with E-state index in [-0.39, 0.29) is 5.75 Å². The molecule has 6 heteroatoms. The second-order valence-electron chi connectivity index (χ2n) is 5.26. The standard InChI is InChI=1S/C18H25N3O2S/c1-4-15-7-8-16(24-15)12-21-18(19-5-2)20-11-13-10-14(23-3)6-9-17(13)22/h6-10,22H,4-5,11-12H2,1-3H3,(H2,19,20,21). The van der Waals surface area contributed by atoms with Crippen LogP contribution in [0, 0.1) is 0 Å². The smallest absolute Gasteiger partial charge is 0.191 e. The van der Waals surface area contributed by atoms with Crippen molar-refractivity contribution in [2.45, 2.75) is 33.4 Å². The first-order valence-corrected chi connectivity index (χ1v) is 8.93. The van der Waals surface area contributed by atoms with Crippen molar-refractivity contribution in [1.29, 1.82) is 0 Å². The number of methoxy groups -OCH3 is 1. The van der Waals surface area contributed by atoms with Crippen LogP contribution in [0.3, 0.4) is 0 Å². The quantitative estimate of drug-likeness (QED) is 0.531. The van der Waals surface area contributed by atoms with E-state index in [1.165, 1.54) is 9.75 Å². The van der Waals surface area contributed by atoms with E-state index in [1.54, 1.807) is 25.3 Å². The zero-order valence-electron chi connectivity index (χ0n) is 14.4. The summed E-state index contributed by atoms with van der Waals surface area (Å²) in [6.45, 7) is 6.08. The van der Waals surface area contributed by atoms with Crippen molar-refractivity contribution in [2.75, 3.05) is 13.7 Å². The number of nitrogens with one attached hydrogen (secondary N) is 2. The molecule has 0 aliphatic heterocycles. The number of benzene rings is 1. The van der Waals surface area contributed by atoms with Crippen LogP contribution in [0.4, 0.5) is 0 Å². The summed E-state index contributed by atoms with van der Waals surface area (Å²) in [5.74, 6) is 1.66. The van der Waals surface area contributed by atoms with E-state index >= 15 is 0 Å². The van der Waals surface area contributed by atoms with Gasteiger partial charge in [-0.2, -0.15) is 0 Å². The molecule has 24 heavy (non-hydrogen) atoms. The van der Waals surface area contributed by atoms with Crippen LogP contribution in [-0.2, 0) is 19.5 Å². The second-order valence-corrected chi connectivity index (χ2v) is 6.52. The summed E-state index contributed by atoms with van der Waals surface area (Å²) in [7, 11) is 1.61. The number of aliphatic imine (C=N–C) groups is 1. The van der Waals surface area contributed by atoms with Gasteiger partial charge < -0.3 is 20.5 Å². The van der Waals surface area contributed by atoms with Gasteiger partial charge in [-0.1, -0.05) is 6.92 Å². The van der Waals surface area contributed by atoms with Crippen LogP contribution in [0.1, 0.15) is 29.2 Å². The highest BCUT2D eigenvalue weighted by Gasteiger charge is 2.05. The number of hydrogen-bond acceptors (Lipinski definition) is 4. The highest BCUT2D eigenvalue weighted by Crippen LogP contribution is 2.23. The van der Waals surface area contributed by atoms with E-state index in [2.05, 4.69) is 34.7 Å². The number of phenolic OH excluding ortho intramolecular Hbond substituents is 1. The van der Waals surface area contributed by atoms with Gasteiger partial charge in [0.05, 0.1) is 20.2 Å². The predicted molar refractivity (Wildman–Crippen MR) is 100 cm³/mol. The minimum Gasteiger partial charge on any atom is -0.508 e. The molecule has 0 saturated heterocycles. The predicted octanol–water partition coefficient (Wildman–Crippen LogP) is 3.28. The maximum atomic E-state index is 9.95. The number of phenols is 1. The Hall–Kier alpha value is -2.21. The van der Waals surface area contributed by atoms with Gasteiger partial charge in [-0.25, -0.2) is 4.99 Å². The Kier molecular flexibility index (Phi) is 6.93. The van der Waals surface area contributed by atoms with Crippen molar-refractivity contribution in [3.8, 4) is 11.5 Å². The Morgan fingerprint density at radius 3 is 2.62 bits per heavy atom. The first kappa shape index (κ1) is 18.1. The van der Waals surface area contributed by atoms with E-state index in [1.807, 2.05) is 18.3 Å². The number of aryl methyl sites for hydroxylation is 1. The molecule has 1 aromatic heterocycles. The summed E-state index contributed by atoms with van der Waals surface area (Å²) >= 11 is 1.81. The summed E-state index contributed by atoms with van der Waals surface area (Å²) < 4.78 is 5.19. The molecule has 0 saturated carbocycles. The fourth-order valence-electron chi connectivity index (χ4n) is 2.20. The second kappa shape index (κ2) is 9.17. The van der Waals surface area contributed by atoms with Crippen LogP contribution in [0.2, 0.25) is 0 Å². The van der Waals surface area contributed by atoms with Gasteiger partial charge in [-0.3, -0.25) is 0 Å². The lowest BCUT2D eigenvalue weighted by Crippen LogP contribution is -2.36. The number of thiophene rings is 1. The van der Waals surface area contributed by atoms with Crippen LogP contribution in [0.25, 0.3) is 0 Å². The van der Waals surface area contributed by atoms with Gasteiger partial charge in [0, 0.05) is 21.9 Å². The number of guanidine groups is 1. The summed E-state index contributed by atoms with van der Waals surface area (Å²) in [6, 6.07) is 9.47. The Labute approximate surface area is 147 Å². The largest absolute Gasteiger partial charge is 0.508 e. The molecule has 0 spiro atoms. The number of nitrogens with zero attached hydrogens (tertiary/aromatic N) is 1. The van der Waals surface area contributed by atoms with Gasteiger partial charge in [0.25, 0.3) is 0 Å². The minimum atomic E-state index is 0.223. The summed E-state index contributed by atoms with van der Waals surface area (Å²) in [5.41, 5.74) is 0.732. The molecule has 0 aliphatic carbocycles. The molecule has 0 bridgehead atoms. The van der Waals surface area contributed by atoms with Gasteiger partial charge in [-0.05, 0) is 43.7 Å². The van der Waals surface area contributed by atoms with E-state index < -0.39 is 0 Å². The van der Waals surface area contributed by atoms with Crippen LogP contribution < -0.4 is 15.4 Å². The lowest BCUT2D eigenvalue weighted by atomic mass is 10.2. The molecule has 0 radical (unpaired) electrons. The van der Waals surface area contributed by atoms with Gasteiger partial charge in [0.1, 0.15) is 11.5 Å². The molecule has 0 aliphatic rings. The van der Waals surface area contributed by atoms with Crippen LogP contribution in [0.5, 0.6) is 11.5 Å². The monoisotopic (exact) mass is 347 g/mol. The molecule has 0 amide bonds. The van der Waals surface area contributed by atoms with Crippen molar-refractivity contribution in [3.05, 3.63) is 45.6 Å². The molecule has 130 valence electrons. The average Bonchev–Trinajstić information content (AvgIpc) is 3.06. The zero-order valence-corrected chi connectivity index (χ0v) is 15.2. The molecule has 3 N–H and O–H groups in total. The summed E-state index contributed by atoms with van der Waals surface area (Å²) in [6.07, 6.45) is 1.06. The molecular weight excluding hydrogens is 322 g/mol. The topological polar surface area (TPSA) is 65.9 Å².